The van der Waals surface area contributed by atoms with E-state index < -0.39 is 0 Å². The van der Waals surface area contributed by atoms with E-state index in [0.29, 0.717) is 12.1 Å². The summed E-state index contributed by atoms with van der Waals surface area (Å²) in [5, 5.41) is 0. The molecule has 0 N–H and O–H groups in total. The van der Waals surface area contributed by atoms with Gasteiger partial charge in [-0.15, -0.1) is 0 Å². The van der Waals surface area contributed by atoms with Crippen LogP contribution in [0, 0.1) is 11.8 Å². The van der Waals surface area contributed by atoms with E-state index in [-0.39, 0.29) is 0 Å². The zero-order chi connectivity index (χ0) is 17.0. The Kier molecular flexibility index (Phi) is 7.37. The fraction of sp³-hybridized carbons (Fsp3) is 1.00. The second-order valence-electron chi connectivity index (χ2n) is 8.91. The highest BCUT2D eigenvalue weighted by Gasteiger charge is 2.30. The second-order valence-corrected chi connectivity index (χ2v) is 8.91. The standard InChI is InChI=1S/C20H41N3/c1-16(2)13-21-14-18(5)23(19(6)15-21)12-9-20-7-10-22(11-8-20)17(3)4/h16-20H,7-15H2,1-6H3/t18-,19-/m1/s1. The molecule has 2 heterocycles. The normalized spacial score (nSPS) is 29.7. The van der Waals surface area contributed by atoms with Crippen LogP contribution < -0.4 is 0 Å². The minimum atomic E-state index is 0.716. The van der Waals surface area contributed by atoms with Crippen molar-refractivity contribution >= 4 is 0 Å². The first-order chi connectivity index (χ1) is 10.9. The topological polar surface area (TPSA) is 9.72 Å². The molecule has 0 spiro atoms. The lowest BCUT2D eigenvalue weighted by atomic mass is 9.92. The summed E-state index contributed by atoms with van der Waals surface area (Å²) >= 11 is 0. The molecule has 0 aromatic heterocycles. The lowest BCUT2D eigenvalue weighted by Gasteiger charge is -2.45. The lowest BCUT2D eigenvalue weighted by molar-refractivity contribution is 0.0265. The van der Waals surface area contributed by atoms with E-state index in [2.05, 4.69) is 56.2 Å². The molecule has 2 aliphatic rings. The molecule has 136 valence electrons. The Morgan fingerprint density at radius 1 is 0.913 bits per heavy atom. The number of rotatable bonds is 6. The Labute approximate surface area is 145 Å². The van der Waals surface area contributed by atoms with Gasteiger partial charge in [0.25, 0.3) is 0 Å². The van der Waals surface area contributed by atoms with Gasteiger partial charge in [-0.1, -0.05) is 13.8 Å². The summed E-state index contributed by atoms with van der Waals surface area (Å²) in [5.74, 6) is 1.74. The van der Waals surface area contributed by atoms with E-state index in [9.17, 15) is 0 Å². The highest BCUT2D eigenvalue weighted by molar-refractivity contribution is 4.86. The molecular weight excluding hydrogens is 282 g/mol. The average molecular weight is 324 g/mol. The maximum atomic E-state index is 2.78. The minimum Gasteiger partial charge on any atom is -0.301 e. The van der Waals surface area contributed by atoms with E-state index in [0.717, 1.165) is 17.9 Å². The average Bonchev–Trinajstić information content (AvgIpc) is 2.46. The van der Waals surface area contributed by atoms with Gasteiger partial charge in [-0.3, -0.25) is 9.80 Å². The number of hydrogen-bond donors (Lipinski definition) is 0. The van der Waals surface area contributed by atoms with Crippen molar-refractivity contribution in [2.45, 2.75) is 78.9 Å². The molecule has 0 aromatic rings. The number of piperidine rings is 1. The molecule has 0 radical (unpaired) electrons. The van der Waals surface area contributed by atoms with Crippen LogP contribution in [-0.4, -0.2) is 72.1 Å². The Bertz CT molecular complexity index is 322. The first-order valence-electron chi connectivity index (χ1n) is 10.1. The van der Waals surface area contributed by atoms with Crippen LogP contribution in [0.15, 0.2) is 0 Å². The van der Waals surface area contributed by atoms with Gasteiger partial charge < -0.3 is 4.90 Å². The Balaban J connectivity index is 1.73. The monoisotopic (exact) mass is 323 g/mol. The summed E-state index contributed by atoms with van der Waals surface area (Å²) in [7, 11) is 0. The van der Waals surface area contributed by atoms with Gasteiger partial charge in [0.15, 0.2) is 0 Å². The fourth-order valence-electron chi connectivity index (χ4n) is 4.66. The molecule has 0 amide bonds. The molecule has 23 heavy (non-hydrogen) atoms. The van der Waals surface area contributed by atoms with Crippen molar-refractivity contribution in [1.29, 1.82) is 0 Å². The summed E-state index contributed by atoms with van der Waals surface area (Å²) in [6.45, 7) is 21.9. The van der Waals surface area contributed by atoms with Gasteiger partial charge in [0, 0.05) is 37.8 Å². The van der Waals surface area contributed by atoms with E-state index in [1.165, 1.54) is 58.5 Å². The molecule has 3 nitrogen and oxygen atoms in total. The number of hydrogen-bond acceptors (Lipinski definition) is 3. The van der Waals surface area contributed by atoms with Gasteiger partial charge >= 0.3 is 0 Å². The summed E-state index contributed by atoms with van der Waals surface area (Å²) < 4.78 is 0. The number of piperazine rings is 1. The molecule has 3 heteroatoms. The van der Waals surface area contributed by atoms with Crippen LogP contribution in [0.3, 0.4) is 0 Å². The molecule has 0 aliphatic carbocycles. The molecule has 0 bridgehead atoms. The molecule has 0 saturated carbocycles. The summed E-state index contributed by atoms with van der Waals surface area (Å²) in [6, 6.07) is 2.16. The van der Waals surface area contributed by atoms with E-state index in [1.54, 1.807) is 0 Å². The Hall–Kier alpha value is -0.120. The van der Waals surface area contributed by atoms with Gasteiger partial charge in [0.2, 0.25) is 0 Å². The number of nitrogens with zero attached hydrogens (tertiary/aromatic N) is 3. The highest BCUT2D eigenvalue weighted by atomic mass is 15.3. The fourth-order valence-corrected chi connectivity index (χ4v) is 4.66. The maximum Gasteiger partial charge on any atom is 0.0198 e. The third kappa shape index (κ3) is 5.72. The maximum absolute atomic E-state index is 2.78. The van der Waals surface area contributed by atoms with E-state index in [4.69, 9.17) is 0 Å². The van der Waals surface area contributed by atoms with Crippen molar-refractivity contribution in [2.75, 3.05) is 39.3 Å². The third-order valence-electron chi connectivity index (χ3n) is 5.98. The quantitative estimate of drug-likeness (QED) is 0.740. The molecule has 2 atom stereocenters. The molecule has 0 aromatic carbocycles. The minimum absolute atomic E-state index is 0.716. The van der Waals surface area contributed by atoms with Gasteiger partial charge in [0.05, 0.1) is 0 Å². The first kappa shape index (κ1) is 19.2. The van der Waals surface area contributed by atoms with Gasteiger partial charge in [-0.05, 0) is 78.4 Å². The molecular formula is C20H41N3. The predicted molar refractivity (Wildman–Crippen MR) is 101 cm³/mol. The molecule has 2 rings (SSSR count). The van der Waals surface area contributed by atoms with Crippen LogP contribution in [0.4, 0.5) is 0 Å². The third-order valence-corrected chi connectivity index (χ3v) is 5.98. The van der Waals surface area contributed by atoms with Crippen LogP contribution in [0.25, 0.3) is 0 Å². The van der Waals surface area contributed by atoms with Crippen molar-refractivity contribution in [2.24, 2.45) is 11.8 Å². The lowest BCUT2D eigenvalue weighted by Crippen LogP contribution is -2.57. The van der Waals surface area contributed by atoms with Crippen LogP contribution in [-0.2, 0) is 0 Å². The largest absolute Gasteiger partial charge is 0.301 e. The summed E-state index contributed by atoms with van der Waals surface area (Å²) in [5.41, 5.74) is 0. The molecule has 0 unspecified atom stereocenters. The van der Waals surface area contributed by atoms with E-state index >= 15 is 0 Å². The predicted octanol–water partition coefficient (Wildman–Crippen LogP) is 3.55. The highest BCUT2D eigenvalue weighted by Crippen LogP contribution is 2.24. The smallest absolute Gasteiger partial charge is 0.0198 e. The summed E-state index contributed by atoms with van der Waals surface area (Å²) in [6.07, 6.45) is 4.23. The molecule has 2 fully saturated rings. The zero-order valence-corrected chi connectivity index (χ0v) is 16.6. The van der Waals surface area contributed by atoms with Crippen molar-refractivity contribution in [3.05, 3.63) is 0 Å². The van der Waals surface area contributed by atoms with Crippen molar-refractivity contribution in [1.82, 2.24) is 14.7 Å². The first-order valence-corrected chi connectivity index (χ1v) is 10.1. The van der Waals surface area contributed by atoms with Gasteiger partial charge in [0.1, 0.15) is 0 Å². The number of likely N-dealkylation sites (tertiary alicyclic amines) is 1. The summed E-state index contributed by atoms with van der Waals surface area (Å²) in [4.78, 5) is 8.11. The van der Waals surface area contributed by atoms with Gasteiger partial charge in [-0.25, -0.2) is 0 Å². The van der Waals surface area contributed by atoms with Crippen LogP contribution in [0.2, 0.25) is 0 Å². The van der Waals surface area contributed by atoms with Crippen LogP contribution >= 0.6 is 0 Å². The molecule has 2 saturated heterocycles. The Morgan fingerprint density at radius 2 is 1.48 bits per heavy atom. The van der Waals surface area contributed by atoms with Crippen molar-refractivity contribution in [3.8, 4) is 0 Å². The molecule has 2 aliphatic heterocycles. The SMILES string of the molecule is CC(C)CN1C[C@@H](C)N(CCC2CCN(C(C)C)CC2)[C@H](C)C1. The zero-order valence-electron chi connectivity index (χ0n) is 16.6. The van der Waals surface area contributed by atoms with Gasteiger partial charge in [-0.2, -0.15) is 0 Å². The second kappa shape index (κ2) is 8.82. The van der Waals surface area contributed by atoms with Crippen LogP contribution in [0.5, 0.6) is 0 Å². The van der Waals surface area contributed by atoms with E-state index in [1.807, 2.05) is 0 Å². The van der Waals surface area contributed by atoms with Crippen molar-refractivity contribution < 1.29 is 0 Å². The Morgan fingerprint density at radius 3 is 1.96 bits per heavy atom. The van der Waals surface area contributed by atoms with Crippen molar-refractivity contribution in [3.63, 3.8) is 0 Å². The van der Waals surface area contributed by atoms with Crippen LogP contribution in [0.1, 0.15) is 60.8 Å².